The van der Waals surface area contributed by atoms with Gasteiger partial charge in [0.05, 0.1) is 11.8 Å². The third kappa shape index (κ3) is 2.66. The standard InChI is InChI=1S/C15H22FNO/c1-10(2)13-6-7-17(9-13)15-5-4-12(11(3)18)8-14(15)16/h4-5,8,10-11,13,18H,6-7,9H2,1-3H3/t11-,13?/m0/s1. The van der Waals surface area contributed by atoms with Gasteiger partial charge in [-0.1, -0.05) is 19.9 Å². The van der Waals surface area contributed by atoms with Crippen molar-refractivity contribution in [1.29, 1.82) is 0 Å². The molecule has 1 heterocycles. The second kappa shape index (κ2) is 5.27. The van der Waals surface area contributed by atoms with Crippen LogP contribution in [-0.4, -0.2) is 18.2 Å². The molecule has 2 rings (SSSR count). The fourth-order valence-electron chi connectivity index (χ4n) is 2.59. The summed E-state index contributed by atoms with van der Waals surface area (Å²) < 4.78 is 14.0. The van der Waals surface area contributed by atoms with Gasteiger partial charge in [0, 0.05) is 13.1 Å². The lowest BCUT2D eigenvalue weighted by atomic mass is 9.95. The van der Waals surface area contributed by atoms with Crippen molar-refractivity contribution in [3.8, 4) is 0 Å². The van der Waals surface area contributed by atoms with Crippen LogP contribution in [0.2, 0.25) is 0 Å². The molecule has 1 aromatic carbocycles. The first-order chi connectivity index (χ1) is 8.49. The van der Waals surface area contributed by atoms with Gasteiger partial charge < -0.3 is 10.0 Å². The van der Waals surface area contributed by atoms with Crippen LogP contribution in [0.1, 0.15) is 38.9 Å². The quantitative estimate of drug-likeness (QED) is 0.890. The van der Waals surface area contributed by atoms with Crippen LogP contribution in [0.4, 0.5) is 10.1 Å². The Kier molecular flexibility index (Phi) is 3.91. The van der Waals surface area contributed by atoms with Crippen molar-refractivity contribution in [2.24, 2.45) is 11.8 Å². The van der Waals surface area contributed by atoms with Crippen LogP contribution in [0.25, 0.3) is 0 Å². The van der Waals surface area contributed by atoms with Gasteiger partial charge in [-0.3, -0.25) is 0 Å². The summed E-state index contributed by atoms with van der Waals surface area (Å²) in [5.41, 5.74) is 1.30. The lowest BCUT2D eigenvalue weighted by Gasteiger charge is -2.21. The molecule has 1 aromatic rings. The number of nitrogens with zero attached hydrogens (tertiary/aromatic N) is 1. The molecule has 1 N–H and O–H groups in total. The molecule has 3 heteroatoms. The van der Waals surface area contributed by atoms with Crippen LogP contribution in [0.3, 0.4) is 0 Å². The fourth-order valence-corrected chi connectivity index (χ4v) is 2.59. The minimum absolute atomic E-state index is 0.224. The van der Waals surface area contributed by atoms with Crippen LogP contribution in [0.15, 0.2) is 18.2 Å². The summed E-state index contributed by atoms with van der Waals surface area (Å²) in [5.74, 6) is 1.08. The Balaban J connectivity index is 2.15. The third-order valence-corrected chi connectivity index (χ3v) is 3.96. The number of aliphatic hydroxyl groups excluding tert-OH is 1. The summed E-state index contributed by atoms with van der Waals surface area (Å²) in [4.78, 5) is 2.12. The summed E-state index contributed by atoms with van der Waals surface area (Å²) in [6.07, 6.45) is 0.519. The van der Waals surface area contributed by atoms with Gasteiger partial charge in [0.2, 0.25) is 0 Å². The first-order valence-corrected chi connectivity index (χ1v) is 6.71. The molecule has 1 saturated heterocycles. The fraction of sp³-hybridized carbons (Fsp3) is 0.600. The van der Waals surface area contributed by atoms with E-state index < -0.39 is 6.10 Å². The van der Waals surface area contributed by atoms with Gasteiger partial charge in [0.25, 0.3) is 0 Å². The van der Waals surface area contributed by atoms with Crippen LogP contribution in [0.5, 0.6) is 0 Å². The predicted octanol–water partition coefficient (Wildman–Crippen LogP) is 3.36. The van der Waals surface area contributed by atoms with Crippen LogP contribution in [0, 0.1) is 17.7 Å². The topological polar surface area (TPSA) is 23.5 Å². The number of hydrogen-bond donors (Lipinski definition) is 1. The van der Waals surface area contributed by atoms with Crippen molar-refractivity contribution in [2.75, 3.05) is 18.0 Å². The third-order valence-electron chi connectivity index (χ3n) is 3.96. The summed E-state index contributed by atoms with van der Waals surface area (Å²) in [5, 5.41) is 9.44. The molecule has 1 aliphatic rings. The monoisotopic (exact) mass is 251 g/mol. The molecule has 1 fully saturated rings. The molecule has 100 valence electrons. The number of anilines is 1. The molecular weight excluding hydrogens is 229 g/mol. The summed E-state index contributed by atoms with van der Waals surface area (Å²) >= 11 is 0. The number of hydrogen-bond acceptors (Lipinski definition) is 2. The normalized spacial score (nSPS) is 21.7. The predicted molar refractivity (Wildman–Crippen MR) is 72.2 cm³/mol. The lowest BCUT2D eigenvalue weighted by molar-refractivity contribution is 0.199. The highest BCUT2D eigenvalue weighted by Gasteiger charge is 2.26. The average Bonchev–Trinajstić information content (AvgIpc) is 2.78. The Hall–Kier alpha value is -1.09. The van der Waals surface area contributed by atoms with Crippen LogP contribution < -0.4 is 4.90 Å². The Morgan fingerprint density at radius 1 is 1.33 bits per heavy atom. The average molecular weight is 251 g/mol. The molecule has 0 aliphatic carbocycles. The zero-order valence-electron chi connectivity index (χ0n) is 11.4. The van der Waals surface area contributed by atoms with Gasteiger partial charge in [0.1, 0.15) is 5.82 Å². The van der Waals surface area contributed by atoms with Crippen molar-refractivity contribution in [2.45, 2.75) is 33.3 Å². The van der Waals surface area contributed by atoms with E-state index >= 15 is 0 Å². The van der Waals surface area contributed by atoms with Gasteiger partial charge in [-0.15, -0.1) is 0 Å². The summed E-state index contributed by atoms with van der Waals surface area (Å²) in [7, 11) is 0. The van der Waals surface area contributed by atoms with Gasteiger partial charge in [-0.05, 0) is 42.9 Å². The molecule has 0 spiro atoms. The minimum Gasteiger partial charge on any atom is -0.389 e. The van der Waals surface area contributed by atoms with E-state index in [0.29, 0.717) is 23.1 Å². The molecular formula is C15H22FNO. The van der Waals surface area contributed by atoms with Gasteiger partial charge in [-0.25, -0.2) is 4.39 Å². The van der Waals surface area contributed by atoms with E-state index in [9.17, 15) is 9.50 Å². The number of halogens is 1. The Labute approximate surface area is 108 Å². The summed E-state index contributed by atoms with van der Waals surface area (Å²) in [6, 6.07) is 5.05. The highest BCUT2D eigenvalue weighted by Crippen LogP contribution is 2.31. The maximum absolute atomic E-state index is 14.0. The molecule has 0 aromatic heterocycles. The van der Waals surface area contributed by atoms with Crippen molar-refractivity contribution in [1.82, 2.24) is 0 Å². The molecule has 2 nitrogen and oxygen atoms in total. The van der Waals surface area contributed by atoms with Crippen LogP contribution >= 0.6 is 0 Å². The minimum atomic E-state index is -0.615. The Bertz CT molecular complexity index is 417. The highest BCUT2D eigenvalue weighted by atomic mass is 19.1. The molecule has 0 amide bonds. The Morgan fingerprint density at radius 2 is 2.06 bits per heavy atom. The maximum atomic E-state index is 14.0. The van der Waals surface area contributed by atoms with E-state index in [0.717, 1.165) is 19.5 Å². The Morgan fingerprint density at radius 3 is 2.56 bits per heavy atom. The smallest absolute Gasteiger partial charge is 0.146 e. The largest absolute Gasteiger partial charge is 0.389 e. The maximum Gasteiger partial charge on any atom is 0.146 e. The van der Waals surface area contributed by atoms with E-state index in [-0.39, 0.29) is 5.82 Å². The molecule has 1 unspecified atom stereocenters. The van der Waals surface area contributed by atoms with Crippen LogP contribution in [-0.2, 0) is 0 Å². The van der Waals surface area contributed by atoms with E-state index in [4.69, 9.17) is 0 Å². The summed E-state index contributed by atoms with van der Waals surface area (Å²) in [6.45, 7) is 7.96. The van der Waals surface area contributed by atoms with E-state index in [1.165, 1.54) is 6.07 Å². The second-order valence-corrected chi connectivity index (χ2v) is 5.63. The van der Waals surface area contributed by atoms with Crippen molar-refractivity contribution in [3.05, 3.63) is 29.6 Å². The first kappa shape index (κ1) is 13.3. The van der Waals surface area contributed by atoms with Gasteiger partial charge >= 0.3 is 0 Å². The number of rotatable bonds is 3. The number of aliphatic hydroxyl groups is 1. The molecule has 1 aliphatic heterocycles. The van der Waals surface area contributed by atoms with Crippen molar-refractivity contribution >= 4 is 5.69 Å². The lowest BCUT2D eigenvalue weighted by Crippen LogP contribution is -2.22. The van der Waals surface area contributed by atoms with E-state index in [1.54, 1.807) is 13.0 Å². The van der Waals surface area contributed by atoms with Gasteiger partial charge in [0.15, 0.2) is 0 Å². The molecule has 18 heavy (non-hydrogen) atoms. The van der Waals surface area contributed by atoms with Crippen molar-refractivity contribution < 1.29 is 9.50 Å². The number of benzene rings is 1. The highest BCUT2D eigenvalue weighted by molar-refractivity contribution is 5.50. The zero-order chi connectivity index (χ0) is 13.3. The van der Waals surface area contributed by atoms with Gasteiger partial charge in [-0.2, -0.15) is 0 Å². The SMILES string of the molecule is CC(C)C1CCN(c2ccc([C@H](C)O)cc2F)C1. The second-order valence-electron chi connectivity index (χ2n) is 5.63. The molecule has 2 atom stereocenters. The molecule has 0 saturated carbocycles. The first-order valence-electron chi connectivity index (χ1n) is 6.71. The molecule has 0 radical (unpaired) electrons. The van der Waals surface area contributed by atoms with Crippen molar-refractivity contribution in [3.63, 3.8) is 0 Å². The van der Waals surface area contributed by atoms with E-state index in [2.05, 4.69) is 18.7 Å². The zero-order valence-corrected chi connectivity index (χ0v) is 11.4. The van der Waals surface area contributed by atoms with E-state index in [1.807, 2.05) is 6.07 Å². The molecule has 0 bridgehead atoms.